The average Bonchev–Trinajstić information content (AvgIpc) is 2.55. The number of aromatic nitrogens is 2. The first-order chi connectivity index (χ1) is 11.0. The molecule has 0 aliphatic carbocycles. The maximum atomic E-state index is 12.6. The maximum Gasteiger partial charge on any atom is 0.354 e. The number of nitrogens with one attached hydrogen (secondary N) is 1. The highest BCUT2D eigenvalue weighted by Gasteiger charge is 2.13. The van der Waals surface area contributed by atoms with E-state index in [1.807, 2.05) is 19.1 Å². The van der Waals surface area contributed by atoms with Gasteiger partial charge in [0, 0.05) is 17.5 Å². The van der Waals surface area contributed by atoms with Gasteiger partial charge >= 0.3 is 5.69 Å². The molecule has 5 nitrogen and oxygen atoms in total. The number of rotatable bonds is 2. The van der Waals surface area contributed by atoms with E-state index in [4.69, 9.17) is 16.9 Å². The second-order valence-electron chi connectivity index (χ2n) is 5.10. The van der Waals surface area contributed by atoms with Crippen LogP contribution in [0.1, 0.15) is 11.1 Å². The monoisotopic (exact) mass is 324 g/mol. The van der Waals surface area contributed by atoms with Gasteiger partial charge in [-0.3, -0.25) is 4.57 Å². The topological polar surface area (TPSA) is 70.7 Å². The first-order valence-electron chi connectivity index (χ1n) is 6.96. The van der Waals surface area contributed by atoms with Crippen molar-refractivity contribution in [2.45, 2.75) is 6.92 Å². The number of hydrogen-bond donors (Lipinski definition) is 1. The predicted octanol–water partition coefficient (Wildman–Crippen LogP) is 3.26. The van der Waals surface area contributed by atoms with Gasteiger partial charge in [0.25, 0.3) is 0 Å². The summed E-state index contributed by atoms with van der Waals surface area (Å²) in [5.41, 5.74) is 2.18. The number of anilines is 1. The average molecular weight is 325 g/mol. The Morgan fingerprint density at radius 1 is 1.26 bits per heavy atom. The third-order valence-electron chi connectivity index (χ3n) is 3.67. The van der Waals surface area contributed by atoms with E-state index in [2.05, 4.69) is 16.4 Å². The van der Waals surface area contributed by atoms with Gasteiger partial charge < -0.3 is 5.32 Å². The Kier molecular flexibility index (Phi) is 3.77. The number of aryl methyl sites for hydroxylation is 1. The minimum absolute atomic E-state index is 0.428. The number of benzene rings is 2. The Balaban J connectivity index is 2.48. The van der Waals surface area contributed by atoms with E-state index in [0.717, 1.165) is 10.9 Å². The van der Waals surface area contributed by atoms with E-state index in [9.17, 15) is 4.79 Å². The normalized spacial score (nSPS) is 10.5. The molecule has 3 aromatic rings. The minimum atomic E-state index is -0.428. The molecule has 0 saturated heterocycles. The standard InChI is InChI=1S/C17H13ClN4O/c1-10-3-4-11(9-19)7-14(10)22-15-8-12(18)5-6-13(15)16(20-2)21-17(22)23/h3-8H,1-2H3,(H,20,21,23). The summed E-state index contributed by atoms with van der Waals surface area (Å²) >= 11 is 6.12. The number of nitrogens with zero attached hydrogens (tertiary/aromatic N) is 3. The Morgan fingerprint density at radius 2 is 2.04 bits per heavy atom. The third kappa shape index (κ3) is 2.54. The van der Waals surface area contributed by atoms with Gasteiger partial charge in [-0.05, 0) is 42.8 Å². The Morgan fingerprint density at radius 3 is 2.74 bits per heavy atom. The van der Waals surface area contributed by atoms with Gasteiger partial charge in [0.1, 0.15) is 5.82 Å². The number of fused-ring (bicyclic) bond motifs is 1. The van der Waals surface area contributed by atoms with E-state index in [0.29, 0.717) is 27.6 Å². The molecule has 0 atom stereocenters. The molecule has 1 aromatic heterocycles. The van der Waals surface area contributed by atoms with E-state index < -0.39 is 5.69 Å². The summed E-state index contributed by atoms with van der Waals surface area (Å²) in [5, 5.41) is 13.3. The van der Waals surface area contributed by atoms with Crippen LogP contribution in [-0.2, 0) is 0 Å². The Labute approximate surface area is 137 Å². The number of hydrogen-bond acceptors (Lipinski definition) is 4. The minimum Gasteiger partial charge on any atom is -0.372 e. The van der Waals surface area contributed by atoms with Crippen LogP contribution in [-0.4, -0.2) is 16.6 Å². The molecule has 1 N–H and O–H groups in total. The van der Waals surface area contributed by atoms with Gasteiger partial charge in [0.05, 0.1) is 22.8 Å². The molecular weight excluding hydrogens is 312 g/mol. The molecule has 6 heteroatoms. The summed E-state index contributed by atoms with van der Waals surface area (Å²) in [6.45, 7) is 1.88. The molecule has 3 rings (SSSR count). The zero-order valence-electron chi connectivity index (χ0n) is 12.6. The molecule has 0 bridgehead atoms. The molecule has 0 radical (unpaired) electrons. The van der Waals surface area contributed by atoms with E-state index in [-0.39, 0.29) is 0 Å². The molecule has 0 unspecified atom stereocenters. The van der Waals surface area contributed by atoms with Gasteiger partial charge in [-0.1, -0.05) is 17.7 Å². The molecule has 0 aliphatic heterocycles. The van der Waals surface area contributed by atoms with Crippen LogP contribution in [0.2, 0.25) is 5.02 Å². The fourth-order valence-corrected chi connectivity index (χ4v) is 2.71. The maximum absolute atomic E-state index is 12.6. The van der Waals surface area contributed by atoms with Crippen LogP contribution in [0.3, 0.4) is 0 Å². The molecule has 1 heterocycles. The molecule has 114 valence electrons. The van der Waals surface area contributed by atoms with Crippen molar-refractivity contribution < 1.29 is 0 Å². The van der Waals surface area contributed by atoms with Crippen molar-refractivity contribution in [1.82, 2.24) is 9.55 Å². The molecule has 0 fully saturated rings. The van der Waals surface area contributed by atoms with Crippen LogP contribution in [0.25, 0.3) is 16.6 Å². The largest absolute Gasteiger partial charge is 0.372 e. The van der Waals surface area contributed by atoms with Crippen molar-refractivity contribution in [2.24, 2.45) is 0 Å². The molecule has 0 saturated carbocycles. The molecule has 23 heavy (non-hydrogen) atoms. The lowest BCUT2D eigenvalue weighted by Crippen LogP contribution is -2.23. The molecule has 2 aromatic carbocycles. The SMILES string of the molecule is CNc1nc(=O)n(-c2cc(C#N)ccc2C)c2cc(Cl)ccc12. The fraction of sp³-hybridized carbons (Fsp3) is 0.118. The first kappa shape index (κ1) is 15.1. The van der Waals surface area contributed by atoms with Crippen molar-refractivity contribution in [1.29, 1.82) is 5.26 Å². The van der Waals surface area contributed by atoms with Crippen LogP contribution in [0, 0.1) is 18.3 Å². The van der Waals surface area contributed by atoms with Crippen molar-refractivity contribution in [3.05, 3.63) is 63.0 Å². The Hall–Kier alpha value is -2.84. The summed E-state index contributed by atoms with van der Waals surface area (Å²) < 4.78 is 1.48. The van der Waals surface area contributed by atoms with E-state index in [1.54, 1.807) is 31.3 Å². The number of halogens is 1. The van der Waals surface area contributed by atoms with Gasteiger partial charge in [-0.25, -0.2) is 4.79 Å². The zero-order valence-corrected chi connectivity index (χ0v) is 13.3. The van der Waals surface area contributed by atoms with Gasteiger partial charge in [0.15, 0.2) is 0 Å². The fourth-order valence-electron chi connectivity index (χ4n) is 2.54. The summed E-state index contributed by atoms with van der Waals surface area (Å²) in [4.78, 5) is 16.7. The van der Waals surface area contributed by atoms with Crippen LogP contribution in [0.5, 0.6) is 0 Å². The molecular formula is C17H13ClN4O. The Bertz CT molecular complexity index is 1020. The lowest BCUT2D eigenvalue weighted by molar-refractivity contribution is 0.951. The summed E-state index contributed by atoms with van der Waals surface area (Å²) in [6.07, 6.45) is 0. The quantitative estimate of drug-likeness (QED) is 0.785. The van der Waals surface area contributed by atoms with Crippen LogP contribution in [0.4, 0.5) is 5.82 Å². The van der Waals surface area contributed by atoms with Crippen LogP contribution < -0.4 is 11.0 Å². The van der Waals surface area contributed by atoms with Crippen molar-refractivity contribution >= 4 is 28.3 Å². The molecule has 0 spiro atoms. The van der Waals surface area contributed by atoms with Crippen molar-refractivity contribution in [2.75, 3.05) is 12.4 Å². The summed E-state index contributed by atoms with van der Waals surface area (Å²) in [6, 6.07) is 12.6. The van der Waals surface area contributed by atoms with E-state index in [1.165, 1.54) is 4.57 Å². The van der Waals surface area contributed by atoms with Gasteiger partial charge in [0.2, 0.25) is 0 Å². The molecule has 0 aliphatic rings. The third-order valence-corrected chi connectivity index (χ3v) is 3.91. The van der Waals surface area contributed by atoms with Crippen LogP contribution >= 0.6 is 11.6 Å². The van der Waals surface area contributed by atoms with Gasteiger partial charge in [-0.15, -0.1) is 0 Å². The first-order valence-corrected chi connectivity index (χ1v) is 7.34. The zero-order chi connectivity index (χ0) is 16.6. The van der Waals surface area contributed by atoms with Crippen molar-refractivity contribution in [3.8, 4) is 11.8 Å². The van der Waals surface area contributed by atoms with Crippen LogP contribution in [0.15, 0.2) is 41.2 Å². The smallest absolute Gasteiger partial charge is 0.354 e. The highest BCUT2D eigenvalue weighted by Crippen LogP contribution is 2.26. The van der Waals surface area contributed by atoms with Gasteiger partial charge in [-0.2, -0.15) is 10.2 Å². The second-order valence-corrected chi connectivity index (χ2v) is 5.54. The lowest BCUT2D eigenvalue weighted by Gasteiger charge is -2.14. The van der Waals surface area contributed by atoms with E-state index >= 15 is 0 Å². The van der Waals surface area contributed by atoms with Crippen molar-refractivity contribution in [3.63, 3.8) is 0 Å². The number of nitriles is 1. The molecule has 0 amide bonds. The highest BCUT2D eigenvalue weighted by molar-refractivity contribution is 6.31. The second kappa shape index (κ2) is 5.75. The lowest BCUT2D eigenvalue weighted by atomic mass is 10.1. The highest BCUT2D eigenvalue weighted by atomic mass is 35.5. The predicted molar refractivity (Wildman–Crippen MR) is 91.3 cm³/mol. The summed E-state index contributed by atoms with van der Waals surface area (Å²) in [5.74, 6) is 0.493. The summed E-state index contributed by atoms with van der Waals surface area (Å²) in [7, 11) is 1.71.